The lowest BCUT2D eigenvalue weighted by molar-refractivity contribution is -0.115. The fraction of sp³-hybridized carbons (Fsp3) is 0.0870. The van der Waals surface area contributed by atoms with Crippen LogP contribution in [0.3, 0.4) is 0 Å². The van der Waals surface area contributed by atoms with Crippen molar-refractivity contribution in [3.63, 3.8) is 0 Å². The van der Waals surface area contributed by atoms with Crippen molar-refractivity contribution in [2.45, 2.75) is 0 Å². The van der Waals surface area contributed by atoms with Crippen LogP contribution in [0.4, 0.5) is 5.69 Å². The molecule has 0 spiro atoms. The van der Waals surface area contributed by atoms with Crippen LogP contribution in [0.5, 0.6) is 5.75 Å². The average molecular weight is 400 g/mol. The molecule has 30 heavy (non-hydrogen) atoms. The van der Waals surface area contributed by atoms with Gasteiger partial charge in [0.2, 0.25) is 5.91 Å². The highest BCUT2D eigenvalue weighted by molar-refractivity contribution is 6.00. The van der Waals surface area contributed by atoms with E-state index in [9.17, 15) is 9.59 Å². The van der Waals surface area contributed by atoms with E-state index in [1.54, 1.807) is 36.4 Å². The third-order valence-electron chi connectivity index (χ3n) is 4.59. The summed E-state index contributed by atoms with van der Waals surface area (Å²) in [6.07, 6.45) is 0. The van der Waals surface area contributed by atoms with E-state index in [1.807, 2.05) is 36.4 Å². The highest BCUT2D eigenvalue weighted by atomic mass is 16.5. The number of hydrogen-bond acceptors (Lipinski definition) is 4. The van der Waals surface area contributed by atoms with E-state index in [4.69, 9.17) is 4.74 Å². The zero-order valence-electron chi connectivity index (χ0n) is 16.3. The van der Waals surface area contributed by atoms with Gasteiger partial charge in [0.1, 0.15) is 11.6 Å². The quantitative estimate of drug-likeness (QED) is 0.461. The zero-order valence-corrected chi connectivity index (χ0v) is 16.3. The van der Waals surface area contributed by atoms with Crippen LogP contribution in [0, 0.1) is 0 Å². The van der Waals surface area contributed by atoms with Crippen molar-refractivity contribution in [1.82, 2.24) is 15.3 Å². The van der Waals surface area contributed by atoms with Gasteiger partial charge in [-0.2, -0.15) is 0 Å². The van der Waals surface area contributed by atoms with Gasteiger partial charge in [-0.25, -0.2) is 4.98 Å². The summed E-state index contributed by atoms with van der Waals surface area (Å²) in [5.74, 6) is 0.521. The SMILES string of the molecule is COc1ccccc1C(=O)NCC(=O)Nc1ccc(-c2nc3ccccc3[nH]2)cc1. The molecule has 2 amide bonds. The molecule has 0 bridgehead atoms. The van der Waals surface area contributed by atoms with Crippen molar-refractivity contribution in [3.8, 4) is 17.1 Å². The Bertz CT molecular complexity index is 1170. The van der Waals surface area contributed by atoms with Crippen molar-refractivity contribution >= 4 is 28.5 Å². The second-order valence-electron chi connectivity index (χ2n) is 6.61. The van der Waals surface area contributed by atoms with Crippen molar-refractivity contribution in [2.24, 2.45) is 0 Å². The van der Waals surface area contributed by atoms with Gasteiger partial charge in [-0.15, -0.1) is 0 Å². The van der Waals surface area contributed by atoms with Crippen LogP contribution in [0.1, 0.15) is 10.4 Å². The summed E-state index contributed by atoms with van der Waals surface area (Å²) in [4.78, 5) is 32.3. The summed E-state index contributed by atoms with van der Waals surface area (Å²) in [6, 6.07) is 22.0. The first-order valence-corrected chi connectivity index (χ1v) is 9.40. The van der Waals surface area contributed by atoms with Gasteiger partial charge >= 0.3 is 0 Å². The van der Waals surface area contributed by atoms with Crippen LogP contribution in [0.15, 0.2) is 72.8 Å². The summed E-state index contributed by atoms with van der Waals surface area (Å²) in [6.45, 7) is -0.151. The fourth-order valence-corrected chi connectivity index (χ4v) is 3.09. The molecule has 7 nitrogen and oxygen atoms in total. The second-order valence-corrected chi connectivity index (χ2v) is 6.61. The first kappa shape index (κ1) is 19.2. The van der Waals surface area contributed by atoms with Gasteiger partial charge in [0.05, 0.1) is 30.3 Å². The molecule has 150 valence electrons. The summed E-state index contributed by atoms with van der Waals surface area (Å²) >= 11 is 0. The van der Waals surface area contributed by atoms with Crippen LogP contribution < -0.4 is 15.4 Å². The number of hydrogen-bond donors (Lipinski definition) is 3. The van der Waals surface area contributed by atoms with Crippen molar-refractivity contribution in [2.75, 3.05) is 19.0 Å². The molecule has 0 unspecified atom stereocenters. The summed E-state index contributed by atoms with van der Waals surface area (Å²) in [5, 5.41) is 5.37. The number of para-hydroxylation sites is 3. The van der Waals surface area contributed by atoms with Gasteiger partial charge in [0.25, 0.3) is 5.91 Å². The molecule has 1 heterocycles. The predicted octanol–water partition coefficient (Wildman–Crippen LogP) is 3.61. The Morgan fingerprint density at radius 2 is 1.70 bits per heavy atom. The molecule has 0 radical (unpaired) electrons. The molecular weight excluding hydrogens is 380 g/mol. The number of benzene rings is 3. The molecule has 4 aromatic rings. The van der Waals surface area contributed by atoms with Gasteiger partial charge in [-0.1, -0.05) is 24.3 Å². The van der Waals surface area contributed by atoms with Crippen LogP contribution in [-0.2, 0) is 4.79 Å². The highest BCUT2D eigenvalue weighted by Gasteiger charge is 2.13. The lowest BCUT2D eigenvalue weighted by Crippen LogP contribution is -2.33. The van der Waals surface area contributed by atoms with Gasteiger partial charge < -0.3 is 20.4 Å². The Morgan fingerprint density at radius 3 is 2.47 bits per heavy atom. The number of fused-ring (bicyclic) bond motifs is 1. The number of nitrogens with one attached hydrogen (secondary N) is 3. The van der Waals surface area contributed by atoms with E-state index in [1.165, 1.54) is 7.11 Å². The number of nitrogens with zero attached hydrogens (tertiary/aromatic N) is 1. The molecule has 0 aliphatic carbocycles. The lowest BCUT2D eigenvalue weighted by atomic mass is 10.2. The minimum atomic E-state index is -0.372. The summed E-state index contributed by atoms with van der Waals surface area (Å²) in [5.41, 5.74) is 3.79. The number of carbonyl (C=O) groups excluding carboxylic acids is 2. The molecule has 0 aliphatic rings. The Labute approximate surface area is 173 Å². The van der Waals surface area contributed by atoms with Crippen molar-refractivity contribution in [1.29, 1.82) is 0 Å². The van der Waals surface area contributed by atoms with Crippen LogP contribution in [0.2, 0.25) is 0 Å². The molecule has 7 heteroatoms. The van der Waals surface area contributed by atoms with E-state index in [0.717, 1.165) is 22.4 Å². The Balaban J connectivity index is 1.36. The number of aromatic nitrogens is 2. The van der Waals surface area contributed by atoms with E-state index >= 15 is 0 Å². The van der Waals surface area contributed by atoms with Crippen molar-refractivity contribution < 1.29 is 14.3 Å². The predicted molar refractivity (Wildman–Crippen MR) is 115 cm³/mol. The number of ether oxygens (including phenoxy) is 1. The van der Waals surface area contributed by atoms with Gasteiger partial charge in [0.15, 0.2) is 0 Å². The third-order valence-corrected chi connectivity index (χ3v) is 4.59. The second kappa shape index (κ2) is 8.48. The minimum absolute atomic E-state index is 0.151. The normalized spacial score (nSPS) is 10.6. The topological polar surface area (TPSA) is 96.1 Å². The molecule has 4 rings (SSSR count). The monoisotopic (exact) mass is 400 g/mol. The molecule has 0 saturated heterocycles. The number of aromatic amines is 1. The Morgan fingerprint density at radius 1 is 0.967 bits per heavy atom. The number of rotatable bonds is 6. The molecule has 0 fully saturated rings. The maximum absolute atomic E-state index is 12.3. The average Bonchev–Trinajstić information content (AvgIpc) is 3.22. The van der Waals surface area contributed by atoms with Gasteiger partial charge in [-0.05, 0) is 48.5 Å². The smallest absolute Gasteiger partial charge is 0.255 e. The first-order valence-electron chi connectivity index (χ1n) is 9.40. The lowest BCUT2D eigenvalue weighted by Gasteiger charge is -2.10. The number of methoxy groups -OCH3 is 1. The van der Waals surface area contributed by atoms with Crippen molar-refractivity contribution in [3.05, 3.63) is 78.4 Å². The van der Waals surface area contributed by atoms with Gasteiger partial charge in [-0.3, -0.25) is 9.59 Å². The van der Waals surface area contributed by atoms with Crippen LogP contribution >= 0.6 is 0 Å². The van der Waals surface area contributed by atoms with Crippen LogP contribution in [-0.4, -0.2) is 35.4 Å². The molecule has 0 saturated carbocycles. The Kier molecular flexibility index (Phi) is 5.43. The molecule has 0 aliphatic heterocycles. The van der Waals surface area contributed by atoms with Crippen LogP contribution in [0.25, 0.3) is 22.4 Å². The zero-order chi connectivity index (χ0) is 20.9. The van der Waals surface area contributed by atoms with E-state index in [2.05, 4.69) is 20.6 Å². The summed E-state index contributed by atoms with van der Waals surface area (Å²) in [7, 11) is 1.49. The highest BCUT2D eigenvalue weighted by Crippen LogP contribution is 2.22. The van der Waals surface area contributed by atoms with E-state index in [-0.39, 0.29) is 18.4 Å². The third kappa shape index (κ3) is 4.15. The number of H-pyrrole nitrogens is 1. The maximum atomic E-state index is 12.3. The molecule has 0 atom stereocenters. The molecule has 3 aromatic carbocycles. The fourth-order valence-electron chi connectivity index (χ4n) is 3.09. The minimum Gasteiger partial charge on any atom is -0.496 e. The number of anilines is 1. The molecular formula is C23H20N4O3. The standard InChI is InChI=1S/C23H20N4O3/c1-30-20-9-5-2-6-17(20)23(29)24-14-21(28)25-16-12-10-15(11-13-16)22-26-18-7-3-4-8-19(18)27-22/h2-13H,14H2,1H3,(H,24,29)(H,25,28)(H,26,27). The Hall–Kier alpha value is -4.13. The van der Waals surface area contributed by atoms with Gasteiger partial charge in [0, 0.05) is 11.3 Å². The number of amides is 2. The molecule has 3 N–H and O–H groups in total. The largest absolute Gasteiger partial charge is 0.496 e. The van der Waals surface area contributed by atoms with E-state index < -0.39 is 0 Å². The molecule has 1 aromatic heterocycles. The maximum Gasteiger partial charge on any atom is 0.255 e. The number of imidazole rings is 1. The summed E-state index contributed by atoms with van der Waals surface area (Å²) < 4.78 is 5.17. The number of carbonyl (C=O) groups is 2. The first-order chi connectivity index (χ1) is 14.6. The van der Waals surface area contributed by atoms with E-state index in [0.29, 0.717) is 17.0 Å².